The van der Waals surface area contributed by atoms with Crippen molar-refractivity contribution < 1.29 is 4.79 Å². The molecule has 27 heavy (non-hydrogen) atoms. The zero-order chi connectivity index (χ0) is 18.6. The fraction of sp³-hybridized carbons (Fsp3) is 0.143. The van der Waals surface area contributed by atoms with Gasteiger partial charge in [-0.3, -0.25) is 4.79 Å². The minimum Gasteiger partial charge on any atom is -0.350 e. The Morgan fingerprint density at radius 2 is 1.70 bits per heavy atom. The highest BCUT2D eigenvalue weighted by Gasteiger charge is 2.10. The Balaban J connectivity index is 1.40. The third kappa shape index (κ3) is 3.55. The lowest BCUT2D eigenvalue weighted by Crippen LogP contribution is -2.27. The van der Waals surface area contributed by atoms with Gasteiger partial charge in [-0.25, -0.2) is 15.0 Å². The number of benzene rings is 2. The summed E-state index contributed by atoms with van der Waals surface area (Å²) in [4.78, 5) is 25.5. The second-order valence-corrected chi connectivity index (χ2v) is 6.22. The minimum absolute atomic E-state index is 0.184. The van der Waals surface area contributed by atoms with E-state index in [-0.39, 0.29) is 5.91 Å². The zero-order valence-electron chi connectivity index (χ0n) is 15.0. The summed E-state index contributed by atoms with van der Waals surface area (Å²) in [5, 5.41) is 2.92. The monoisotopic (exact) mass is 357 g/mol. The molecule has 2 heterocycles. The molecule has 0 atom stereocenters. The number of amides is 1. The Kier molecular flexibility index (Phi) is 4.61. The van der Waals surface area contributed by atoms with Gasteiger partial charge in [0, 0.05) is 31.0 Å². The van der Waals surface area contributed by atoms with Crippen LogP contribution in [0.4, 0.5) is 0 Å². The van der Waals surface area contributed by atoms with Gasteiger partial charge in [0.05, 0.1) is 16.6 Å². The number of nitrogens with zero attached hydrogens (tertiary/aromatic N) is 4. The Hall–Kier alpha value is -3.54. The van der Waals surface area contributed by atoms with E-state index in [1.54, 1.807) is 12.4 Å². The second-order valence-electron chi connectivity index (χ2n) is 6.22. The number of carbonyl (C=O) groups excluding carboxylic acids is 1. The molecule has 0 bridgehead atoms. The van der Waals surface area contributed by atoms with Gasteiger partial charge in [-0.15, -0.1) is 0 Å². The van der Waals surface area contributed by atoms with Crippen LogP contribution in [0.3, 0.4) is 0 Å². The summed E-state index contributed by atoms with van der Waals surface area (Å²) in [5.74, 6) is 1.35. The summed E-state index contributed by atoms with van der Waals surface area (Å²) < 4.78 is 2.10. The van der Waals surface area contributed by atoms with E-state index >= 15 is 0 Å². The van der Waals surface area contributed by atoms with Gasteiger partial charge in [-0.05, 0) is 19.1 Å². The van der Waals surface area contributed by atoms with Crippen LogP contribution in [0.2, 0.25) is 0 Å². The number of carbonyl (C=O) groups is 1. The highest BCUT2D eigenvalue weighted by Crippen LogP contribution is 2.15. The van der Waals surface area contributed by atoms with Crippen LogP contribution in [0.1, 0.15) is 16.2 Å². The summed E-state index contributed by atoms with van der Waals surface area (Å²) in [5.41, 5.74) is 3.40. The van der Waals surface area contributed by atoms with Crippen LogP contribution in [0.25, 0.3) is 22.4 Å². The molecule has 2 aromatic heterocycles. The molecule has 0 fully saturated rings. The van der Waals surface area contributed by atoms with E-state index in [0.717, 1.165) is 22.4 Å². The molecule has 0 saturated heterocycles. The van der Waals surface area contributed by atoms with E-state index in [4.69, 9.17) is 0 Å². The molecular weight excluding hydrogens is 338 g/mol. The first-order valence-corrected chi connectivity index (χ1v) is 8.80. The van der Waals surface area contributed by atoms with Gasteiger partial charge in [0.2, 0.25) is 0 Å². The lowest BCUT2D eigenvalue weighted by Gasteiger charge is -2.09. The highest BCUT2D eigenvalue weighted by atomic mass is 16.1. The van der Waals surface area contributed by atoms with Crippen LogP contribution in [-0.4, -0.2) is 32.0 Å². The molecule has 0 radical (unpaired) electrons. The van der Waals surface area contributed by atoms with Crippen molar-refractivity contribution in [3.63, 3.8) is 0 Å². The fourth-order valence-electron chi connectivity index (χ4n) is 3.04. The summed E-state index contributed by atoms with van der Waals surface area (Å²) in [6.07, 6.45) is 3.12. The quantitative estimate of drug-likeness (QED) is 0.595. The molecule has 0 saturated carbocycles. The van der Waals surface area contributed by atoms with Gasteiger partial charge in [0.1, 0.15) is 5.82 Å². The molecule has 0 aliphatic heterocycles. The molecule has 0 spiro atoms. The predicted octanol–water partition coefficient (Wildman–Crippen LogP) is 3.23. The molecule has 1 amide bonds. The molecule has 134 valence electrons. The molecule has 0 aliphatic carbocycles. The van der Waals surface area contributed by atoms with Gasteiger partial charge in [-0.2, -0.15) is 0 Å². The maximum atomic E-state index is 12.4. The van der Waals surface area contributed by atoms with Crippen LogP contribution in [0, 0.1) is 6.92 Å². The summed E-state index contributed by atoms with van der Waals surface area (Å²) >= 11 is 0. The Morgan fingerprint density at radius 3 is 2.48 bits per heavy atom. The molecule has 4 rings (SSSR count). The number of para-hydroxylation sites is 2. The Morgan fingerprint density at radius 1 is 1.00 bits per heavy atom. The first-order chi connectivity index (χ1) is 13.2. The second kappa shape index (κ2) is 7.37. The zero-order valence-corrected chi connectivity index (χ0v) is 15.0. The number of rotatable bonds is 5. The summed E-state index contributed by atoms with van der Waals surface area (Å²) in [6, 6.07) is 17.7. The van der Waals surface area contributed by atoms with Gasteiger partial charge < -0.3 is 9.88 Å². The third-order valence-electron chi connectivity index (χ3n) is 4.41. The summed E-state index contributed by atoms with van der Waals surface area (Å²) in [6.45, 7) is 3.12. The average Bonchev–Trinajstić information content (AvgIpc) is 3.04. The van der Waals surface area contributed by atoms with Gasteiger partial charge in [-0.1, -0.05) is 42.5 Å². The maximum absolute atomic E-state index is 12.4. The van der Waals surface area contributed by atoms with Crippen molar-refractivity contribution in [2.75, 3.05) is 6.54 Å². The molecular formula is C21H19N5O. The first-order valence-electron chi connectivity index (χ1n) is 8.80. The van der Waals surface area contributed by atoms with Crippen molar-refractivity contribution in [2.45, 2.75) is 13.5 Å². The molecule has 6 heteroatoms. The van der Waals surface area contributed by atoms with Gasteiger partial charge >= 0.3 is 0 Å². The normalized spacial score (nSPS) is 10.9. The maximum Gasteiger partial charge on any atom is 0.254 e. The number of hydrogen-bond donors (Lipinski definition) is 1. The average molecular weight is 357 g/mol. The van der Waals surface area contributed by atoms with Crippen LogP contribution in [0.15, 0.2) is 67.0 Å². The first kappa shape index (κ1) is 16.9. The Labute approximate surface area is 156 Å². The predicted molar refractivity (Wildman–Crippen MR) is 104 cm³/mol. The topological polar surface area (TPSA) is 72.7 Å². The van der Waals surface area contributed by atoms with E-state index in [2.05, 4.69) is 24.8 Å². The van der Waals surface area contributed by atoms with Crippen molar-refractivity contribution in [3.8, 4) is 11.4 Å². The van der Waals surface area contributed by atoms with Crippen LogP contribution in [-0.2, 0) is 6.54 Å². The summed E-state index contributed by atoms with van der Waals surface area (Å²) in [7, 11) is 0. The number of imidazole rings is 1. The van der Waals surface area contributed by atoms with E-state index in [9.17, 15) is 4.79 Å². The molecule has 4 aromatic rings. The number of aryl methyl sites for hydroxylation is 1. The molecule has 0 unspecified atom stereocenters. The van der Waals surface area contributed by atoms with E-state index in [1.165, 1.54) is 0 Å². The number of fused-ring (bicyclic) bond motifs is 1. The largest absolute Gasteiger partial charge is 0.350 e. The smallest absolute Gasteiger partial charge is 0.254 e. The van der Waals surface area contributed by atoms with E-state index in [1.807, 2.05) is 61.5 Å². The molecule has 6 nitrogen and oxygen atoms in total. The van der Waals surface area contributed by atoms with E-state index < -0.39 is 0 Å². The number of aromatic nitrogens is 4. The third-order valence-corrected chi connectivity index (χ3v) is 4.41. The van der Waals surface area contributed by atoms with E-state index in [0.29, 0.717) is 24.5 Å². The fourth-order valence-corrected chi connectivity index (χ4v) is 3.04. The molecule has 2 aromatic carbocycles. The highest BCUT2D eigenvalue weighted by molar-refractivity contribution is 5.93. The molecule has 0 aliphatic rings. The SMILES string of the molecule is Cc1nc2ccccc2n1CCNC(=O)c1cnc(-c2ccccc2)nc1. The van der Waals surface area contributed by atoms with Gasteiger partial charge in [0.15, 0.2) is 5.82 Å². The lowest BCUT2D eigenvalue weighted by atomic mass is 10.2. The Bertz CT molecular complexity index is 1070. The van der Waals surface area contributed by atoms with Gasteiger partial charge in [0.25, 0.3) is 5.91 Å². The van der Waals surface area contributed by atoms with Crippen molar-refractivity contribution in [1.29, 1.82) is 0 Å². The standard InChI is InChI=1S/C21H19N5O/c1-15-25-18-9-5-6-10-19(18)26(15)12-11-22-21(27)17-13-23-20(24-14-17)16-7-3-2-4-8-16/h2-10,13-14H,11-12H2,1H3,(H,22,27). The lowest BCUT2D eigenvalue weighted by molar-refractivity contribution is 0.0951. The minimum atomic E-state index is -0.184. The van der Waals surface area contributed by atoms with Crippen molar-refractivity contribution in [3.05, 3.63) is 78.4 Å². The molecule has 1 N–H and O–H groups in total. The van der Waals surface area contributed by atoms with Crippen LogP contribution >= 0.6 is 0 Å². The van der Waals surface area contributed by atoms with Crippen LogP contribution < -0.4 is 5.32 Å². The van der Waals surface area contributed by atoms with Crippen molar-refractivity contribution >= 4 is 16.9 Å². The van der Waals surface area contributed by atoms with Crippen molar-refractivity contribution in [1.82, 2.24) is 24.8 Å². The van der Waals surface area contributed by atoms with Crippen molar-refractivity contribution in [2.24, 2.45) is 0 Å². The number of nitrogens with one attached hydrogen (secondary N) is 1. The van der Waals surface area contributed by atoms with Crippen LogP contribution in [0.5, 0.6) is 0 Å². The number of hydrogen-bond acceptors (Lipinski definition) is 4.